The fourth-order valence-corrected chi connectivity index (χ4v) is 2.33. The Morgan fingerprint density at radius 1 is 1.62 bits per heavy atom. The van der Waals surface area contributed by atoms with E-state index in [1.807, 2.05) is 6.07 Å². The number of carbonyl (C=O) groups excluding carboxylic acids is 1. The predicted molar refractivity (Wildman–Crippen MR) is 61.6 cm³/mol. The van der Waals surface area contributed by atoms with E-state index in [0.29, 0.717) is 29.5 Å². The van der Waals surface area contributed by atoms with Crippen LogP contribution in [0.15, 0.2) is 6.07 Å². The molecular weight excluding hydrogens is 228 g/mol. The molecule has 16 heavy (non-hydrogen) atoms. The SMILES string of the molecule is COc1c(CC(C)=O)cc2c(c1Cl)OCC2. The number of fused-ring (bicyclic) bond motifs is 1. The predicted octanol–water partition coefficient (Wildman–Crippen LogP) is 2.42. The highest BCUT2D eigenvalue weighted by molar-refractivity contribution is 6.33. The molecule has 0 fully saturated rings. The van der Waals surface area contributed by atoms with E-state index in [-0.39, 0.29) is 5.78 Å². The first-order valence-corrected chi connectivity index (χ1v) is 5.51. The smallest absolute Gasteiger partial charge is 0.145 e. The molecule has 1 aromatic carbocycles. The second kappa shape index (κ2) is 4.34. The van der Waals surface area contributed by atoms with E-state index >= 15 is 0 Å². The number of hydrogen-bond acceptors (Lipinski definition) is 3. The van der Waals surface area contributed by atoms with E-state index in [1.165, 1.54) is 0 Å². The van der Waals surface area contributed by atoms with Crippen LogP contribution in [0.2, 0.25) is 5.02 Å². The first kappa shape index (κ1) is 11.3. The van der Waals surface area contributed by atoms with E-state index < -0.39 is 0 Å². The summed E-state index contributed by atoms with van der Waals surface area (Å²) in [6.07, 6.45) is 1.18. The first-order valence-electron chi connectivity index (χ1n) is 5.14. The number of rotatable bonds is 3. The lowest BCUT2D eigenvalue weighted by atomic mass is 10.0. The molecule has 0 aliphatic carbocycles. The van der Waals surface area contributed by atoms with Gasteiger partial charge in [0.2, 0.25) is 0 Å². The van der Waals surface area contributed by atoms with Crippen LogP contribution in [-0.2, 0) is 17.6 Å². The van der Waals surface area contributed by atoms with Crippen LogP contribution in [0.3, 0.4) is 0 Å². The molecule has 0 N–H and O–H groups in total. The summed E-state index contributed by atoms with van der Waals surface area (Å²) in [7, 11) is 1.55. The molecule has 0 atom stereocenters. The van der Waals surface area contributed by atoms with Crippen molar-refractivity contribution in [2.45, 2.75) is 19.8 Å². The number of ether oxygens (including phenoxy) is 2. The van der Waals surface area contributed by atoms with Crippen LogP contribution >= 0.6 is 11.6 Å². The molecule has 0 spiro atoms. The fraction of sp³-hybridized carbons (Fsp3) is 0.417. The van der Waals surface area contributed by atoms with Crippen LogP contribution in [0.5, 0.6) is 11.5 Å². The largest absolute Gasteiger partial charge is 0.495 e. The van der Waals surface area contributed by atoms with Gasteiger partial charge in [-0.25, -0.2) is 0 Å². The average Bonchev–Trinajstić information content (AvgIpc) is 2.65. The van der Waals surface area contributed by atoms with Crippen molar-refractivity contribution in [2.24, 2.45) is 0 Å². The van der Waals surface area contributed by atoms with Crippen molar-refractivity contribution in [1.29, 1.82) is 0 Å². The maximum atomic E-state index is 11.2. The van der Waals surface area contributed by atoms with Gasteiger partial charge >= 0.3 is 0 Å². The minimum Gasteiger partial charge on any atom is -0.495 e. The van der Waals surface area contributed by atoms with Crippen LogP contribution in [-0.4, -0.2) is 19.5 Å². The maximum absolute atomic E-state index is 11.2. The number of methoxy groups -OCH3 is 1. The van der Waals surface area contributed by atoms with E-state index in [2.05, 4.69) is 0 Å². The first-order chi connectivity index (χ1) is 7.63. The summed E-state index contributed by atoms with van der Waals surface area (Å²) in [5.41, 5.74) is 1.89. The third-order valence-electron chi connectivity index (χ3n) is 2.59. The molecule has 2 rings (SSSR count). The van der Waals surface area contributed by atoms with Gasteiger partial charge in [0.05, 0.1) is 13.7 Å². The van der Waals surface area contributed by atoms with Gasteiger partial charge in [0, 0.05) is 18.4 Å². The minimum absolute atomic E-state index is 0.0910. The molecule has 1 aliphatic rings. The van der Waals surface area contributed by atoms with Crippen LogP contribution in [0, 0.1) is 0 Å². The Kier molecular flexibility index (Phi) is 3.06. The normalized spacial score (nSPS) is 13.2. The van der Waals surface area contributed by atoms with Crippen LogP contribution in [0.1, 0.15) is 18.1 Å². The van der Waals surface area contributed by atoms with Crippen molar-refractivity contribution in [3.8, 4) is 11.5 Å². The molecule has 1 aromatic rings. The Bertz CT molecular complexity index is 440. The molecule has 0 unspecified atom stereocenters. The second-order valence-corrected chi connectivity index (χ2v) is 4.23. The quantitative estimate of drug-likeness (QED) is 0.814. The third-order valence-corrected chi connectivity index (χ3v) is 2.94. The lowest BCUT2D eigenvalue weighted by Gasteiger charge is -2.12. The van der Waals surface area contributed by atoms with Crippen molar-refractivity contribution >= 4 is 17.4 Å². The summed E-state index contributed by atoms with van der Waals surface area (Å²) < 4.78 is 10.7. The number of carbonyl (C=O) groups is 1. The van der Waals surface area contributed by atoms with E-state index in [0.717, 1.165) is 17.5 Å². The monoisotopic (exact) mass is 240 g/mol. The Morgan fingerprint density at radius 2 is 2.38 bits per heavy atom. The zero-order chi connectivity index (χ0) is 11.7. The van der Waals surface area contributed by atoms with Gasteiger partial charge in [0.15, 0.2) is 0 Å². The summed E-state index contributed by atoms with van der Waals surface area (Å²) in [6.45, 7) is 2.19. The summed E-state index contributed by atoms with van der Waals surface area (Å²) >= 11 is 6.18. The van der Waals surface area contributed by atoms with Crippen molar-refractivity contribution < 1.29 is 14.3 Å². The molecule has 0 bridgehead atoms. The summed E-state index contributed by atoms with van der Waals surface area (Å²) in [6, 6.07) is 1.95. The van der Waals surface area contributed by atoms with Gasteiger partial charge in [0.1, 0.15) is 22.3 Å². The Balaban J connectivity index is 2.52. The van der Waals surface area contributed by atoms with Crippen molar-refractivity contribution in [3.05, 3.63) is 22.2 Å². The lowest BCUT2D eigenvalue weighted by Crippen LogP contribution is -2.01. The third kappa shape index (κ3) is 1.87. The maximum Gasteiger partial charge on any atom is 0.145 e. The van der Waals surface area contributed by atoms with Gasteiger partial charge in [-0.3, -0.25) is 4.79 Å². The summed E-state index contributed by atoms with van der Waals surface area (Å²) in [5, 5.41) is 0.480. The van der Waals surface area contributed by atoms with Crippen molar-refractivity contribution in [2.75, 3.05) is 13.7 Å². The van der Waals surface area contributed by atoms with Crippen LogP contribution in [0.25, 0.3) is 0 Å². The summed E-state index contributed by atoms with van der Waals surface area (Å²) in [5.74, 6) is 1.34. The van der Waals surface area contributed by atoms with E-state index in [1.54, 1.807) is 14.0 Å². The zero-order valence-electron chi connectivity index (χ0n) is 9.30. The molecule has 0 amide bonds. The van der Waals surface area contributed by atoms with Crippen LogP contribution in [0.4, 0.5) is 0 Å². The van der Waals surface area contributed by atoms with Gasteiger partial charge in [0.25, 0.3) is 0 Å². The van der Waals surface area contributed by atoms with Gasteiger partial charge in [-0.15, -0.1) is 0 Å². The standard InChI is InChI=1S/C12H13ClO3/c1-7(14)5-9-6-8-3-4-16-12(8)10(13)11(9)15-2/h6H,3-5H2,1-2H3. The lowest BCUT2D eigenvalue weighted by molar-refractivity contribution is -0.116. The number of hydrogen-bond donors (Lipinski definition) is 0. The molecule has 0 saturated carbocycles. The van der Waals surface area contributed by atoms with E-state index in [9.17, 15) is 4.79 Å². The number of ketones is 1. The van der Waals surface area contributed by atoms with Crippen LogP contribution < -0.4 is 9.47 Å². The number of halogens is 1. The highest BCUT2D eigenvalue weighted by Crippen LogP contribution is 2.42. The molecule has 0 radical (unpaired) electrons. The Hall–Kier alpha value is -1.22. The average molecular weight is 241 g/mol. The van der Waals surface area contributed by atoms with Crippen molar-refractivity contribution in [1.82, 2.24) is 0 Å². The van der Waals surface area contributed by atoms with Gasteiger partial charge in [-0.2, -0.15) is 0 Å². The molecule has 0 saturated heterocycles. The summed E-state index contributed by atoms with van der Waals surface area (Å²) in [4.78, 5) is 11.2. The van der Waals surface area contributed by atoms with E-state index in [4.69, 9.17) is 21.1 Å². The highest BCUT2D eigenvalue weighted by Gasteiger charge is 2.22. The van der Waals surface area contributed by atoms with Gasteiger partial charge < -0.3 is 9.47 Å². The topological polar surface area (TPSA) is 35.5 Å². The second-order valence-electron chi connectivity index (χ2n) is 3.85. The molecule has 1 aliphatic heterocycles. The molecule has 4 heteroatoms. The molecule has 1 heterocycles. The number of Topliss-reactive ketones (excluding diaryl/α,β-unsaturated/α-hetero) is 1. The Morgan fingerprint density at radius 3 is 3.00 bits per heavy atom. The molecule has 3 nitrogen and oxygen atoms in total. The molecule has 0 aromatic heterocycles. The highest BCUT2D eigenvalue weighted by atomic mass is 35.5. The van der Waals surface area contributed by atoms with Gasteiger partial charge in [-0.1, -0.05) is 11.6 Å². The molecule has 86 valence electrons. The minimum atomic E-state index is 0.0910. The van der Waals surface area contributed by atoms with Crippen molar-refractivity contribution in [3.63, 3.8) is 0 Å². The zero-order valence-corrected chi connectivity index (χ0v) is 10.1. The fourth-order valence-electron chi connectivity index (χ4n) is 1.95. The molecular formula is C12H13ClO3. The Labute approximate surface area is 99.3 Å². The van der Waals surface area contributed by atoms with Gasteiger partial charge in [-0.05, 0) is 18.6 Å². The number of benzene rings is 1.